The van der Waals surface area contributed by atoms with Crippen molar-refractivity contribution in [3.05, 3.63) is 0 Å². The molecule has 2 fully saturated rings. The number of piperidine rings is 1. The van der Waals surface area contributed by atoms with Crippen LogP contribution in [-0.4, -0.2) is 38.9 Å². The molecule has 0 bridgehead atoms. The van der Waals surface area contributed by atoms with Gasteiger partial charge in [0.25, 0.3) is 0 Å². The molecule has 0 saturated carbocycles. The smallest absolute Gasteiger partial charge is 0.0454 e. The van der Waals surface area contributed by atoms with Crippen molar-refractivity contribution in [3.63, 3.8) is 0 Å². The molecule has 4 heteroatoms. The molecule has 0 amide bonds. The molecule has 2 aliphatic rings. The molecular formula is C9H20N4. The average molecular weight is 184 g/mol. The minimum Gasteiger partial charge on any atom is -0.326 e. The highest BCUT2D eigenvalue weighted by Crippen LogP contribution is 2.21. The average Bonchev–Trinajstić information content (AvgIpc) is 2.20. The maximum absolute atomic E-state index is 6.09. The SMILES string of the molecule is NC1CNCCC1C1CNCNC1. The molecule has 0 aromatic rings. The predicted molar refractivity (Wildman–Crippen MR) is 53.3 cm³/mol. The van der Waals surface area contributed by atoms with Crippen molar-refractivity contribution in [2.24, 2.45) is 17.6 Å². The van der Waals surface area contributed by atoms with Crippen LogP contribution < -0.4 is 21.7 Å². The molecule has 0 aromatic carbocycles. The summed E-state index contributed by atoms with van der Waals surface area (Å²) in [5.41, 5.74) is 6.09. The van der Waals surface area contributed by atoms with Crippen LogP contribution >= 0.6 is 0 Å². The quantitative estimate of drug-likeness (QED) is 0.409. The lowest BCUT2D eigenvalue weighted by Crippen LogP contribution is -2.55. The summed E-state index contributed by atoms with van der Waals surface area (Å²) in [6, 6.07) is 0.348. The summed E-state index contributed by atoms with van der Waals surface area (Å²) in [5, 5.41) is 10.1. The van der Waals surface area contributed by atoms with Crippen LogP contribution in [0.4, 0.5) is 0 Å². The fourth-order valence-corrected chi connectivity index (χ4v) is 2.47. The molecule has 5 N–H and O–H groups in total. The fourth-order valence-electron chi connectivity index (χ4n) is 2.47. The first kappa shape index (κ1) is 9.40. The lowest BCUT2D eigenvalue weighted by Gasteiger charge is -2.37. The molecule has 2 heterocycles. The lowest BCUT2D eigenvalue weighted by molar-refractivity contribution is 0.196. The second kappa shape index (κ2) is 4.37. The largest absolute Gasteiger partial charge is 0.326 e. The van der Waals surface area contributed by atoms with E-state index in [1.165, 1.54) is 6.42 Å². The van der Waals surface area contributed by atoms with E-state index < -0.39 is 0 Å². The van der Waals surface area contributed by atoms with Crippen molar-refractivity contribution < 1.29 is 0 Å². The van der Waals surface area contributed by atoms with Crippen molar-refractivity contribution in [1.29, 1.82) is 0 Å². The maximum Gasteiger partial charge on any atom is 0.0454 e. The molecule has 4 nitrogen and oxygen atoms in total. The van der Waals surface area contributed by atoms with Gasteiger partial charge in [-0.2, -0.15) is 0 Å². The summed E-state index contributed by atoms with van der Waals surface area (Å²) in [4.78, 5) is 0. The van der Waals surface area contributed by atoms with Gasteiger partial charge in [0.1, 0.15) is 0 Å². The van der Waals surface area contributed by atoms with Crippen LogP contribution in [0.3, 0.4) is 0 Å². The molecule has 0 spiro atoms. The standard InChI is InChI=1S/C9H20N4/c10-9-5-11-2-1-8(9)7-3-12-6-13-4-7/h7-9,11-13H,1-6,10H2. The van der Waals surface area contributed by atoms with Gasteiger partial charge in [-0.1, -0.05) is 0 Å². The van der Waals surface area contributed by atoms with Crippen LogP contribution in [0.25, 0.3) is 0 Å². The number of hydrogen-bond donors (Lipinski definition) is 4. The molecule has 2 aliphatic heterocycles. The first-order valence-corrected chi connectivity index (χ1v) is 5.25. The molecule has 0 radical (unpaired) electrons. The molecular weight excluding hydrogens is 164 g/mol. The highest BCUT2D eigenvalue weighted by molar-refractivity contribution is 4.88. The fraction of sp³-hybridized carbons (Fsp3) is 1.00. The second-order valence-corrected chi connectivity index (χ2v) is 4.17. The first-order chi connectivity index (χ1) is 6.38. The monoisotopic (exact) mass is 184 g/mol. The van der Waals surface area contributed by atoms with Crippen molar-refractivity contribution >= 4 is 0 Å². The van der Waals surface area contributed by atoms with Crippen LogP contribution in [-0.2, 0) is 0 Å². The van der Waals surface area contributed by atoms with E-state index in [4.69, 9.17) is 5.73 Å². The third kappa shape index (κ3) is 2.20. The van der Waals surface area contributed by atoms with Gasteiger partial charge in [-0.15, -0.1) is 0 Å². The minimum absolute atomic E-state index is 0.348. The molecule has 13 heavy (non-hydrogen) atoms. The Hall–Kier alpha value is -0.160. The normalized spacial score (nSPS) is 37.6. The Morgan fingerprint density at radius 3 is 2.46 bits per heavy atom. The summed E-state index contributed by atoms with van der Waals surface area (Å²) in [6.45, 7) is 5.34. The molecule has 2 atom stereocenters. The van der Waals surface area contributed by atoms with Gasteiger partial charge >= 0.3 is 0 Å². The van der Waals surface area contributed by atoms with Crippen molar-refractivity contribution in [1.82, 2.24) is 16.0 Å². The number of hydrogen-bond acceptors (Lipinski definition) is 4. The van der Waals surface area contributed by atoms with Crippen LogP contribution in [0.15, 0.2) is 0 Å². The van der Waals surface area contributed by atoms with Gasteiger partial charge in [0.2, 0.25) is 0 Å². The molecule has 2 rings (SSSR count). The Morgan fingerprint density at radius 1 is 1.00 bits per heavy atom. The first-order valence-electron chi connectivity index (χ1n) is 5.25. The second-order valence-electron chi connectivity index (χ2n) is 4.17. The summed E-state index contributed by atoms with van der Waals surface area (Å²) < 4.78 is 0. The van der Waals surface area contributed by atoms with Gasteiger partial charge in [-0.25, -0.2) is 0 Å². The van der Waals surface area contributed by atoms with Gasteiger partial charge < -0.3 is 21.7 Å². The van der Waals surface area contributed by atoms with E-state index in [2.05, 4.69) is 16.0 Å². The minimum atomic E-state index is 0.348. The van der Waals surface area contributed by atoms with Crippen molar-refractivity contribution in [2.75, 3.05) is 32.8 Å². The lowest BCUT2D eigenvalue weighted by atomic mass is 9.81. The Bertz CT molecular complexity index is 156. The van der Waals surface area contributed by atoms with Crippen LogP contribution in [0, 0.1) is 11.8 Å². The summed E-state index contributed by atoms with van der Waals surface area (Å²) in [6.07, 6.45) is 1.23. The van der Waals surface area contributed by atoms with E-state index in [9.17, 15) is 0 Å². The topological polar surface area (TPSA) is 62.1 Å². The van der Waals surface area contributed by atoms with E-state index in [0.717, 1.165) is 38.8 Å². The zero-order chi connectivity index (χ0) is 9.10. The molecule has 76 valence electrons. The summed E-state index contributed by atoms with van der Waals surface area (Å²) in [5.74, 6) is 1.42. The van der Waals surface area contributed by atoms with Crippen molar-refractivity contribution in [2.45, 2.75) is 12.5 Å². The summed E-state index contributed by atoms with van der Waals surface area (Å²) in [7, 11) is 0. The van der Waals surface area contributed by atoms with E-state index in [1.54, 1.807) is 0 Å². The zero-order valence-electron chi connectivity index (χ0n) is 8.05. The van der Waals surface area contributed by atoms with E-state index in [1.807, 2.05) is 0 Å². The molecule has 2 saturated heterocycles. The van der Waals surface area contributed by atoms with Gasteiger partial charge in [0.05, 0.1) is 0 Å². The number of nitrogens with two attached hydrogens (primary N) is 1. The van der Waals surface area contributed by atoms with Crippen LogP contribution in [0.1, 0.15) is 6.42 Å². The van der Waals surface area contributed by atoms with Crippen LogP contribution in [0.2, 0.25) is 0 Å². The molecule has 0 aliphatic carbocycles. The molecule has 2 unspecified atom stereocenters. The van der Waals surface area contributed by atoms with Crippen LogP contribution in [0.5, 0.6) is 0 Å². The summed E-state index contributed by atoms with van der Waals surface area (Å²) >= 11 is 0. The van der Waals surface area contributed by atoms with Gasteiger partial charge in [-0.3, -0.25) is 0 Å². The Balaban J connectivity index is 1.88. The van der Waals surface area contributed by atoms with Gasteiger partial charge in [-0.05, 0) is 24.8 Å². The number of nitrogens with one attached hydrogen (secondary N) is 3. The maximum atomic E-state index is 6.09. The Labute approximate surface area is 79.6 Å². The highest BCUT2D eigenvalue weighted by atomic mass is 15.1. The van der Waals surface area contributed by atoms with Gasteiger partial charge in [0.15, 0.2) is 0 Å². The predicted octanol–water partition coefficient (Wildman–Crippen LogP) is -1.31. The van der Waals surface area contributed by atoms with Gasteiger partial charge in [0, 0.05) is 32.3 Å². The third-order valence-electron chi connectivity index (χ3n) is 3.25. The highest BCUT2D eigenvalue weighted by Gasteiger charge is 2.29. The van der Waals surface area contributed by atoms with E-state index >= 15 is 0 Å². The van der Waals surface area contributed by atoms with Crippen molar-refractivity contribution in [3.8, 4) is 0 Å². The van der Waals surface area contributed by atoms with E-state index in [-0.39, 0.29) is 0 Å². The zero-order valence-corrected chi connectivity index (χ0v) is 8.05. The third-order valence-corrected chi connectivity index (χ3v) is 3.25. The molecule has 0 aromatic heterocycles. The Morgan fingerprint density at radius 2 is 1.77 bits per heavy atom. The number of rotatable bonds is 1. The Kier molecular flexibility index (Phi) is 3.16. The van der Waals surface area contributed by atoms with E-state index in [0.29, 0.717) is 12.0 Å².